The van der Waals surface area contributed by atoms with Crippen molar-refractivity contribution in [3.8, 4) is 194 Å². The fraction of sp³-hybridized carbons (Fsp3) is 0. The van der Waals surface area contributed by atoms with Gasteiger partial charge in [0.2, 0.25) is 23.5 Å². The fourth-order valence-electron chi connectivity index (χ4n) is 12.3. The molecule has 8 heterocycles. The van der Waals surface area contributed by atoms with Crippen molar-refractivity contribution in [3.63, 3.8) is 0 Å². The Kier molecular flexibility index (Phi) is 32.3. The maximum absolute atomic E-state index is 10.5. The van der Waals surface area contributed by atoms with Crippen molar-refractivity contribution in [2.75, 3.05) is 0 Å². The molecule has 0 aliphatic heterocycles. The molecule has 0 spiro atoms. The van der Waals surface area contributed by atoms with Crippen LogP contribution in [0.4, 0.5) is 0 Å². The fourth-order valence-corrected chi connectivity index (χ4v) is 12.3. The molecule has 0 unspecified atom stereocenters. The van der Waals surface area contributed by atoms with Crippen LogP contribution >= 0.6 is 0 Å². The molecule has 0 aliphatic carbocycles. The predicted octanol–water partition coefficient (Wildman–Crippen LogP) is 21.8. The van der Waals surface area contributed by atoms with E-state index in [4.69, 9.17) is 48.9 Å². The first-order chi connectivity index (χ1) is 60.1. The molecule has 0 aliphatic rings. The van der Waals surface area contributed by atoms with E-state index in [0.717, 1.165) is 39.2 Å². The molecule has 126 heavy (non-hydrogen) atoms. The van der Waals surface area contributed by atoms with Crippen LogP contribution in [0.25, 0.3) is 124 Å². The average molecular weight is 2370 g/mol. The van der Waals surface area contributed by atoms with E-state index in [1.54, 1.807) is 140 Å². The molecule has 11 aromatic carbocycles. The third-order valence-electron chi connectivity index (χ3n) is 18.0. The van der Waals surface area contributed by atoms with Crippen LogP contribution in [0.5, 0.6) is 69.5 Å². The minimum Gasteiger partial charge on any atom is -0.507 e. The Balaban J connectivity index is 0.000000152. The van der Waals surface area contributed by atoms with E-state index >= 15 is 0 Å². The van der Waals surface area contributed by atoms with Crippen LogP contribution < -0.4 is 18.9 Å². The SMILES string of the molecule is Oc1ccccc1-c1cc(-c2ccccc2)nc(-c2[c-]c(Oc3ccccn3)ccc2)n1.Oc1ccccc1-c1nc(-c2[c-]c(Oc3ccccn3)ccc2)cc(-c2ccccc2)n1.Oc1ccccc1-c1nc(-c2[c-]c(Oc3ccccn3)ccc2)cnc1-c1ccccc1.Oc1ccccc1-c1nnnc(-c2[c-]c(Oc3ccccn3)ccc2)n1.[Pt].[Pt].[Pt].[Pt]. The van der Waals surface area contributed by atoms with Gasteiger partial charge in [0, 0.05) is 185 Å². The number of phenolic OH excluding ortho intramolecular Hbond substituents is 4. The van der Waals surface area contributed by atoms with Gasteiger partial charge in [-0.15, -0.1) is 100 Å². The van der Waals surface area contributed by atoms with Crippen molar-refractivity contribution in [2.45, 2.75) is 0 Å². The number of aromatic nitrogens is 14. The summed E-state index contributed by atoms with van der Waals surface area (Å²) < 4.78 is 23.2. The van der Waals surface area contributed by atoms with E-state index in [2.05, 4.69) is 64.6 Å². The van der Waals surface area contributed by atoms with E-state index < -0.39 is 0 Å². The molecule has 628 valence electrons. The van der Waals surface area contributed by atoms with Crippen molar-refractivity contribution >= 4 is 0 Å². The number of nitrogens with zero attached hydrogens (tertiary/aromatic N) is 14. The minimum absolute atomic E-state index is 0. The molecule has 8 aromatic heterocycles. The number of para-hydroxylation sites is 4. The number of pyridine rings is 4. The number of aromatic hydroxyl groups is 4. The molecule has 0 fully saturated rings. The first kappa shape index (κ1) is 90.6. The van der Waals surface area contributed by atoms with E-state index in [-0.39, 0.29) is 113 Å². The summed E-state index contributed by atoms with van der Waals surface area (Å²) >= 11 is 0. The molecule has 4 N–H and O–H groups in total. The second-order valence-corrected chi connectivity index (χ2v) is 26.4. The second-order valence-electron chi connectivity index (χ2n) is 26.4. The molecule has 19 rings (SSSR count). The summed E-state index contributed by atoms with van der Waals surface area (Å²) in [4.78, 5) is 49.6. The molecular formula is C100H66N14O8Pt4-4. The molecule has 0 amide bonds. The van der Waals surface area contributed by atoms with Gasteiger partial charge in [0.15, 0.2) is 11.6 Å². The molecule has 0 atom stereocenters. The predicted molar refractivity (Wildman–Crippen MR) is 463 cm³/mol. The van der Waals surface area contributed by atoms with Crippen molar-refractivity contribution in [3.05, 3.63) is 401 Å². The largest absolute Gasteiger partial charge is 0.507 e. The molecular weight excluding hydrogens is 2310 g/mol. The third-order valence-corrected chi connectivity index (χ3v) is 18.0. The minimum atomic E-state index is 0. The van der Waals surface area contributed by atoms with E-state index in [1.165, 1.54) is 0 Å². The maximum Gasteiger partial charge on any atom is 0.217 e. The Morgan fingerprint density at radius 3 is 0.992 bits per heavy atom. The van der Waals surface area contributed by atoms with Crippen LogP contribution in [0.1, 0.15) is 0 Å². The smallest absolute Gasteiger partial charge is 0.217 e. The standard InChI is InChI=1S/3C27H18N3O2.C19H12N5O2.4Pt/c31-24-14-5-4-13-22(24)27-26(19-9-2-1-3-10-19)29-18-23(30-27)20-11-8-12-21(17-20)32-25-15-6-7-16-28-25;31-25-14-5-4-13-22(25)24-18-23(19-9-2-1-3-10-19)29-27(30-24)20-11-8-12-21(17-20)32-26-15-6-7-16-28-26;31-25-14-5-4-13-22(25)27-29-23(19-9-2-1-3-10-19)18-24(30-27)20-11-8-12-21(17-20)32-26-15-6-7-16-28-26;25-16-9-2-1-8-15(16)19-21-18(22-24-23-19)13-6-5-7-14(12-13)26-17-10-3-4-11-20-17;;;;/h3*1-16,18,31H;1-11,25H;;;;/q4*-1;;;;. The molecule has 22 nitrogen and oxygen atoms in total. The van der Waals surface area contributed by atoms with Crippen molar-refractivity contribution in [1.29, 1.82) is 0 Å². The molecule has 0 radical (unpaired) electrons. The van der Waals surface area contributed by atoms with Gasteiger partial charge in [-0.3, -0.25) is 29.9 Å². The normalized spacial score (nSPS) is 10.3. The maximum atomic E-state index is 10.5. The van der Waals surface area contributed by atoms with E-state index in [1.807, 2.05) is 237 Å². The summed E-state index contributed by atoms with van der Waals surface area (Å²) in [6.45, 7) is 0. The van der Waals surface area contributed by atoms with Crippen LogP contribution in [0.3, 0.4) is 0 Å². The third kappa shape index (κ3) is 23.8. The molecule has 0 bridgehead atoms. The summed E-state index contributed by atoms with van der Waals surface area (Å²) in [5.74, 6) is 5.99. The van der Waals surface area contributed by atoms with Gasteiger partial charge < -0.3 is 39.4 Å². The number of ether oxygens (including phenoxy) is 4. The van der Waals surface area contributed by atoms with E-state index in [9.17, 15) is 20.4 Å². The number of rotatable bonds is 19. The molecule has 26 heteroatoms. The zero-order valence-electron chi connectivity index (χ0n) is 65.7. The summed E-state index contributed by atoms with van der Waals surface area (Å²) in [6.07, 6.45) is 8.38. The summed E-state index contributed by atoms with van der Waals surface area (Å²) in [5.41, 5.74) is 12.5. The summed E-state index contributed by atoms with van der Waals surface area (Å²) in [6, 6.07) is 118. The number of phenols is 4. The molecule has 19 aromatic rings. The first-order valence-corrected chi connectivity index (χ1v) is 38.1. The summed E-state index contributed by atoms with van der Waals surface area (Å²) in [5, 5.41) is 52.9. The zero-order valence-corrected chi connectivity index (χ0v) is 74.8. The van der Waals surface area contributed by atoms with Gasteiger partial charge in [-0.25, -0.2) is 24.9 Å². The number of benzene rings is 11. The molecule has 0 saturated heterocycles. The van der Waals surface area contributed by atoms with Crippen LogP contribution in [-0.4, -0.2) is 90.7 Å². The Hall–Kier alpha value is -14.6. The van der Waals surface area contributed by atoms with Gasteiger partial charge in [-0.2, -0.15) is 5.10 Å². The van der Waals surface area contributed by atoms with Crippen molar-refractivity contribution in [2.24, 2.45) is 0 Å². The van der Waals surface area contributed by atoms with Crippen LogP contribution in [-0.2, 0) is 84.3 Å². The van der Waals surface area contributed by atoms with Crippen molar-refractivity contribution in [1.82, 2.24) is 70.2 Å². The second kappa shape index (κ2) is 44.9. The van der Waals surface area contributed by atoms with Crippen LogP contribution in [0.2, 0.25) is 0 Å². The average Bonchev–Trinajstić information content (AvgIpc) is 0.798. The first-order valence-electron chi connectivity index (χ1n) is 38.1. The Bertz CT molecular complexity index is 6540. The quantitative estimate of drug-likeness (QED) is 0.0547. The molecule has 0 saturated carbocycles. The monoisotopic (exact) mass is 2370 g/mol. The van der Waals surface area contributed by atoms with Gasteiger partial charge in [0.1, 0.15) is 28.8 Å². The summed E-state index contributed by atoms with van der Waals surface area (Å²) in [7, 11) is 0. The topological polar surface area (TPSA) is 298 Å². The zero-order chi connectivity index (χ0) is 83.0. The van der Waals surface area contributed by atoms with E-state index in [0.29, 0.717) is 126 Å². The number of hydrogen-bond acceptors (Lipinski definition) is 22. The van der Waals surface area contributed by atoms with Gasteiger partial charge in [0.25, 0.3) is 0 Å². The van der Waals surface area contributed by atoms with Crippen molar-refractivity contribution < 1.29 is 124 Å². The number of hydrogen-bond donors (Lipinski definition) is 4. The van der Waals surface area contributed by atoms with Gasteiger partial charge in [-0.1, -0.05) is 199 Å². The Morgan fingerprint density at radius 1 is 0.222 bits per heavy atom. The van der Waals surface area contributed by atoms with Crippen LogP contribution in [0.15, 0.2) is 377 Å². The van der Waals surface area contributed by atoms with Crippen LogP contribution in [0, 0.1) is 24.3 Å². The van der Waals surface area contributed by atoms with Gasteiger partial charge >= 0.3 is 0 Å². The Morgan fingerprint density at radius 2 is 0.556 bits per heavy atom. The Labute approximate surface area is 782 Å². The van der Waals surface area contributed by atoms with Gasteiger partial charge in [0.05, 0.1) is 45.4 Å². The van der Waals surface area contributed by atoms with Gasteiger partial charge in [-0.05, 0) is 95.7 Å².